The molecule has 0 spiro atoms. The van der Waals surface area contributed by atoms with E-state index >= 15 is 0 Å². The fraction of sp³-hybridized carbons (Fsp3) is 0.292. The molecule has 0 bridgehead atoms. The van der Waals surface area contributed by atoms with Crippen LogP contribution in [0.1, 0.15) is 40.4 Å². The van der Waals surface area contributed by atoms with Crippen molar-refractivity contribution in [2.75, 3.05) is 25.3 Å². The van der Waals surface area contributed by atoms with Gasteiger partial charge in [-0.25, -0.2) is 18.1 Å². The first-order valence-corrected chi connectivity index (χ1v) is 13.2. The lowest BCUT2D eigenvalue weighted by molar-refractivity contribution is 0.0982. The molecule has 1 amide bonds. The maximum Gasteiger partial charge on any atom is 0.264 e. The molecule has 4 rings (SSSR count). The quantitative estimate of drug-likeness (QED) is 0.313. The molecule has 37 heavy (non-hydrogen) atoms. The average molecular weight is 531 g/mol. The topological polar surface area (TPSA) is 133 Å². The number of hydrogen-bond donors (Lipinski definition) is 2. The van der Waals surface area contributed by atoms with Crippen LogP contribution in [0.3, 0.4) is 0 Å². The van der Waals surface area contributed by atoms with Gasteiger partial charge in [0.2, 0.25) is 0 Å². The minimum atomic E-state index is -2.77. The van der Waals surface area contributed by atoms with E-state index in [1.165, 1.54) is 54.0 Å². The third kappa shape index (κ3) is 5.89. The Morgan fingerprint density at radius 3 is 2.81 bits per heavy atom. The molecule has 11 nitrogen and oxygen atoms in total. The first-order chi connectivity index (χ1) is 17.6. The van der Waals surface area contributed by atoms with E-state index < -0.39 is 27.5 Å². The SMILES string of the molecule is COCC=S(C)(=O)NC(=O)c1cn2ncnc(Nc3ccc(F)cc3OC(C)c3cc(C)no3)c2c1C. The molecule has 0 aliphatic rings. The first-order valence-electron chi connectivity index (χ1n) is 11.2. The number of nitrogens with one attached hydrogen (secondary N) is 2. The van der Waals surface area contributed by atoms with Crippen LogP contribution < -0.4 is 14.8 Å². The Labute approximate surface area is 213 Å². The van der Waals surface area contributed by atoms with Crippen LogP contribution in [-0.2, 0) is 14.4 Å². The molecule has 4 aromatic rings. The number of hydrogen-bond acceptors (Lipinski definition) is 9. The Kier molecular flexibility index (Phi) is 7.45. The standard InChI is InChI=1S/C24H27FN6O5S/c1-14-10-20(36-29-14)16(3)35-21-11-17(25)6-7-19(21)28-23-22-15(2)18(12-31(22)27-13-26-23)24(32)30-37(5,33)9-8-34-4/h6-7,9-13,16H,8H2,1-5H3,(H,26,27,28)(H,30,32,33). The van der Waals surface area contributed by atoms with Gasteiger partial charge in [-0.05, 0) is 38.5 Å². The monoisotopic (exact) mass is 530 g/mol. The molecule has 0 saturated carbocycles. The zero-order valence-corrected chi connectivity index (χ0v) is 21.8. The number of carbonyl (C=O) groups excluding carboxylic acids is 1. The van der Waals surface area contributed by atoms with Crippen molar-refractivity contribution in [2.45, 2.75) is 26.9 Å². The number of halogens is 1. The highest BCUT2D eigenvalue weighted by atomic mass is 32.2. The van der Waals surface area contributed by atoms with E-state index in [2.05, 4.69) is 25.3 Å². The largest absolute Gasteiger partial charge is 0.480 e. The molecular formula is C24H27FN6O5S. The van der Waals surface area contributed by atoms with Gasteiger partial charge in [-0.1, -0.05) is 5.16 Å². The molecular weight excluding hydrogens is 503 g/mol. The number of rotatable bonds is 9. The van der Waals surface area contributed by atoms with E-state index in [1.54, 1.807) is 26.8 Å². The molecule has 196 valence electrons. The fourth-order valence-electron chi connectivity index (χ4n) is 3.61. The summed E-state index contributed by atoms with van der Waals surface area (Å²) in [6, 6.07) is 5.79. The molecule has 2 N–H and O–H groups in total. The van der Waals surface area contributed by atoms with Crippen molar-refractivity contribution in [3.8, 4) is 5.75 Å². The summed E-state index contributed by atoms with van der Waals surface area (Å²) in [7, 11) is -1.30. The van der Waals surface area contributed by atoms with Gasteiger partial charge in [-0.3, -0.25) is 9.52 Å². The van der Waals surface area contributed by atoms with Crippen LogP contribution in [0.4, 0.5) is 15.9 Å². The van der Waals surface area contributed by atoms with Gasteiger partial charge >= 0.3 is 0 Å². The summed E-state index contributed by atoms with van der Waals surface area (Å²) in [6.45, 7) is 5.41. The van der Waals surface area contributed by atoms with Crippen LogP contribution in [0.25, 0.3) is 5.52 Å². The Balaban J connectivity index is 1.66. The van der Waals surface area contributed by atoms with Gasteiger partial charge in [-0.2, -0.15) is 5.10 Å². The van der Waals surface area contributed by atoms with E-state index in [0.29, 0.717) is 34.0 Å². The number of nitrogens with zero attached hydrogens (tertiary/aromatic N) is 4. The Bertz CT molecular complexity index is 1570. The van der Waals surface area contributed by atoms with Crippen LogP contribution in [0.15, 0.2) is 41.3 Å². The number of benzene rings is 1. The average Bonchev–Trinajstić information content (AvgIpc) is 3.43. The zero-order chi connectivity index (χ0) is 26.7. The molecule has 2 atom stereocenters. The van der Waals surface area contributed by atoms with Crippen LogP contribution in [-0.4, -0.2) is 55.2 Å². The van der Waals surface area contributed by atoms with Crippen molar-refractivity contribution in [3.63, 3.8) is 0 Å². The van der Waals surface area contributed by atoms with Gasteiger partial charge in [0, 0.05) is 37.1 Å². The van der Waals surface area contributed by atoms with E-state index in [-0.39, 0.29) is 17.9 Å². The molecule has 0 aliphatic heterocycles. The van der Waals surface area contributed by atoms with Crippen LogP contribution in [0.5, 0.6) is 5.75 Å². The smallest absolute Gasteiger partial charge is 0.264 e. The first kappa shape index (κ1) is 26.1. The molecule has 0 saturated heterocycles. The van der Waals surface area contributed by atoms with Crippen molar-refractivity contribution in [1.82, 2.24) is 24.5 Å². The second-order valence-corrected chi connectivity index (χ2v) is 10.8. The maximum atomic E-state index is 14.1. The zero-order valence-electron chi connectivity index (χ0n) is 20.9. The number of aromatic nitrogens is 4. The van der Waals surface area contributed by atoms with E-state index in [0.717, 1.165) is 0 Å². The van der Waals surface area contributed by atoms with Crippen molar-refractivity contribution < 1.29 is 27.4 Å². The number of ether oxygens (including phenoxy) is 2. The molecule has 0 radical (unpaired) electrons. The number of fused-ring (bicyclic) bond motifs is 1. The van der Waals surface area contributed by atoms with Crippen LogP contribution in [0.2, 0.25) is 0 Å². The van der Waals surface area contributed by atoms with E-state index in [1.807, 2.05) is 0 Å². The van der Waals surface area contributed by atoms with E-state index in [4.69, 9.17) is 14.0 Å². The lowest BCUT2D eigenvalue weighted by atomic mass is 10.2. The molecule has 3 heterocycles. The lowest BCUT2D eigenvalue weighted by Crippen LogP contribution is -2.31. The molecule has 1 aromatic carbocycles. The van der Waals surface area contributed by atoms with Gasteiger partial charge in [0.25, 0.3) is 5.91 Å². The second kappa shape index (κ2) is 10.6. The van der Waals surface area contributed by atoms with E-state index in [9.17, 15) is 13.4 Å². The van der Waals surface area contributed by atoms with Gasteiger partial charge in [-0.15, -0.1) is 0 Å². The number of anilines is 2. The third-order valence-corrected chi connectivity index (χ3v) is 6.83. The molecule has 0 aliphatic carbocycles. The minimum absolute atomic E-state index is 0.128. The predicted octanol–water partition coefficient (Wildman–Crippen LogP) is 3.36. The van der Waals surface area contributed by atoms with Crippen molar-refractivity contribution in [3.05, 3.63) is 65.2 Å². The number of methoxy groups -OCH3 is 1. The fourth-order valence-corrected chi connectivity index (χ4v) is 4.56. The minimum Gasteiger partial charge on any atom is -0.480 e. The van der Waals surface area contributed by atoms with Crippen LogP contribution in [0, 0.1) is 19.7 Å². The highest BCUT2D eigenvalue weighted by Gasteiger charge is 2.21. The van der Waals surface area contributed by atoms with Gasteiger partial charge in [0.05, 0.1) is 33.3 Å². The third-order valence-electron chi connectivity index (χ3n) is 5.47. The maximum absolute atomic E-state index is 14.1. The summed E-state index contributed by atoms with van der Waals surface area (Å²) in [5.41, 5.74) is 2.46. The lowest BCUT2D eigenvalue weighted by Gasteiger charge is -2.17. The molecule has 3 aromatic heterocycles. The summed E-state index contributed by atoms with van der Waals surface area (Å²) >= 11 is 0. The van der Waals surface area contributed by atoms with Crippen molar-refractivity contribution in [1.29, 1.82) is 0 Å². The van der Waals surface area contributed by atoms with Crippen LogP contribution >= 0.6 is 0 Å². The molecule has 0 fully saturated rings. The number of aryl methyl sites for hydroxylation is 2. The predicted molar refractivity (Wildman–Crippen MR) is 137 cm³/mol. The summed E-state index contributed by atoms with van der Waals surface area (Å²) in [6.07, 6.45) is 3.71. The van der Waals surface area contributed by atoms with Crippen molar-refractivity contribution in [2.24, 2.45) is 0 Å². The summed E-state index contributed by atoms with van der Waals surface area (Å²) in [5, 5.41) is 12.6. The summed E-state index contributed by atoms with van der Waals surface area (Å²) in [4.78, 5) is 17.2. The molecule has 2 unspecified atom stereocenters. The van der Waals surface area contributed by atoms with Gasteiger partial charge in [0.1, 0.15) is 23.4 Å². The Morgan fingerprint density at radius 1 is 1.32 bits per heavy atom. The van der Waals surface area contributed by atoms with Crippen molar-refractivity contribution >= 4 is 38.0 Å². The summed E-state index contributed by atoms with van der Waals surface area (Å²) in [5.74, 6) is 0.0519. The highest BCUT2D eigenvalue weighted by Crippen LogP contribution is 2.34. The summed E-state index contributed by atoms with van der Waals surface area (Å²) < 4.78 is 46.9. The Morgan fingerprint density at radius 2 is 2.11 bits per heavy atom. The highest BCUT2D eigenvalue weighted by molar-refractivity contribution is 7.99. The normalized spacial score (nSPS) is 13.7. The number of amides is 1. The number of carbonyl (C=O) groups is 1. The molecule has 13 heteroatoms. The Hall–Kier alpha value is -3.97. The van der Waals surface area contributed by atoms with Gasteiger partial charge in [0.15, 0.2) is 17.7 Å². The van der Waals surface area contributed by atoms with Gasteiger partial charge < -0.3 is 19.3 Å². The second-order valence-electron chi connectivity index (χ2n) is 8.42.